The van der Waals surface area contributed by atoms with Gasteiger partial charge in [0.25, 0.3) is 0 Å². The summed E-state index contributed by atoms with van der Waals surface area (Å²) < 4.78 is 11.9. The molecule has 160 valence electrons. The lowest BCUT2D eigenvalue weighted by atomic mass is 10.1. The second kappa shape index (κ2) is 9.44. The van der Waals surface area contributed by atoms with Gasteiger partial charge in [-0.25, -0.2) is 4.79 Å². The average molecular weight is 420 g/mol. The highest BCUT2D eigenvalue weighted by Gasteiger charge is 2.21. The molecule has 8 heteroatoms. The molecule has 1 fully saturated rings. The second-order valence-corrected chi connectivity index (χ2v) is 7.11. The molecule has 0 spiro atoms. The number of ether oxygens (including phenoxy) is 2. The Bertz CT molecular complexity index is 1060. The fraction of sp³-hybridized carbons (Fsp3) is 0.261. The molecule has 4 rings (SSSR count). The third-order valence-corrected chi connectivity index (χ3v) is 5.05. The van der Waals surface area contributed by atoms with Crippen molar-refractivity contribution in [2.45, 2.75) is 6.54 Å². The van der Waals surface area contributed by atoms with Crippen molar-refractivity contribution < 1.29 is 19.1 Å². The van der Waals surface area contributed by atoms with Gasteiger partial charge in [-0.2, -0.15) is 5.10 Å². The van der Waals surface area contributed by atoms with Crippen LogP contribution in [-0.4, -0.2) is 55.1 Å². The van der Waals surface area contributed by atoms with E-state index in [9.17, 15) is 9.59 Å². The normalized spacial score (nSPS) is 13.6. The summed E-state index contributed by atoms with van der Waals surface area (Å²) in [5.74, 6) is 0.0419. The zero-order valence-corrected chi connectivity index (χ0v) is 17.3. The number of morpholine rings is 1. The minimum Gasteiger partial charge on any atom is -0.465 e. The van der Waals surface area contributed by atoms with Crippen LogP contribution in [-0.2, 0) is 20.8 Å². The van der Waals surface area contributed by atoms with Crippen molar-refractivity contribution in [2.75, 3.05) is 43.6 Å². The summed E-state index contributed by atoms with van der Waals surface area (Å²) in [4.78, 5) is 26.8. The van der Waals surface area contributed by atoms with Crippen molar-refractivity contribution in [3.63, 3.8) is 0 Å². The first-order valence-corrected chi connectivity index (χ1v) is 10.1. The molecular formula is C23H24N4O4. The number of nitrogens with one attached hydrogen (secondary N) is 1. The molecule has 2 aromatic carbocycles. The Balaban J connectivity index is 1.57. The molecule has 0 unspecified atom stereocenters. The van der Waals surface area contributed by atoms with Crippen LogP contribution in [0.3, 0.4) is 0 Å². The topological polar surface area (TPSA) is 85.7 Å². The summed E-state index contributed by atoms with van der Waals surface area (Å²) in [5, 5.41) is 7.49. The Labute approximate surface area is 180 Å². The molecule has 0 bridgehead atoms. The van der Waals surface area contributed by atoms with Gasteiger partial charge in [-0.3, -0.25) is 9.48 Å². The lowest BCUT2D eigenvalue weighted by Gasteiger charge is -2.27. The van der Waals surface area contributed by atoms with Crippen LogP contribution < -0.4 is 10.2 Å². The average Bonchev–Trinajstić information content (AvgIpc) is 3.23. The Morgan fingerprint density at radius 1 is 1.06 bits per heavy atom. The molecule has 1 N–H and O–H groups in total. The van der Waals surface area contributed by atoms with Crippen LogP contribution in [0.2, 0.25) is 0 Å². The third kappa shape index (κ3) is 4.75. The molecule has 0 saturated carbocycles. The Kier molecular flexibility index (Phi) is 6.28. The van der Waals surface area contributed by atoms with Crippen LogP contribution >= 0.6 is 0 Å². The molecule has 31 heavy (non-hydrogen) atoms. The maximum Gasteiger partial charge on any atom is 0.339 e. The van der Waals surface area contributed by atoms with E-state index in [1.54, 1.807) is 28.9 Å². The number of anilines is 2. The molecular weight excluding hydrogens is 396 g/mol. The third-order valence-electron chi connectivity index (χ3n) is 5.05. The zero-order valence-electron chi connectivity index (χ0n) is 17.3. The molecule has 0 aliphatic carbocycles. The van der Waals surface area contributed by atoms with E-state index in [0.717, 1.165) is 30.0 Å². The van der Waals surface area contributed by atoms with Gasteiger partial charge in [0, 0.05) is 24.8 Å². The second-order valence-electron chi connectivity index (χ2n) is 7.11. The quantitative estimate of drug-likeness (QED) is 0.618. The van der Waals surface area contributed by atoms with E-state index in [0.29, 0.717) is 24.5 Å². The van der Waals surface area contributed by atoms with Crippen molar-refractivity contribution in [1.29, 1.82) is 0 Å². The van der Waals surface area contributed by atoms with E-state index < -0.39 is 5.97 Å². The lowest BCUT2D eigenvalue weighted by Crippen LogP contribution is -2.36. The molecule has 3 aromatic rings. The number of hydrogen-bond donors (Lipinski definition) is 1. The Hall–Kier alpha value is -3.65. The van der Waals surface area contributed by atoms with Crippen LogP contribution in [0, 0.1) is 0 Å². The summed E-state index contributed by atoms with van der Waals surface area (Å²) in [6, 6.07) is 16.7. The highest BCUT2D eigenvalue weighted by molar-refractivity contribution is 6.01. The predicted octanol–water partition coefficient (Wildman–Crippen LogP) is 2.81. The number of hydrogen-bond acceptors (Lipinski definition) is 6. The summed E-state index contributed by atoms with van der Waals surface area (Å²) in [6.07, 6.45) is 1.88. The first-order chi connectivity index (χ1) is 15.2. The summed E-state index contributed by atoms with van der Waals surface area (Å²) in [6.45, 7) is 2.79. The number of rotatable bonds is 6. The van der Waals surface area contributed by atoms with Gasteiger partial charge in [-0.05, 0) is 17.7 Å². The number of amides is 1. The van der Waals surface area contributed by atoms with E-state index in [-0.39, 0.29) is 12.5 Å². The van der Waals surface area contributed by atoms with Crippen molar-refractivity contribution in [2.24, 2.45) is 0 Å². The standard InChI is InChI=1S/C23H24N4O4/c1-30-23(29)18-9-5-6-10-20(18)24-21(28)16-27-15-19(17-7-3-2-4-8-17)22(25-27)26-11-13-31-14-12-26/h2-10,15H,11-14,16H2,1H3,(H,24,28). The monoisotopic (exact) mass is 420 g/mol. The molecule has 1 aliphatic heterocycles. The van der Waals surface area contributed by atoms with Crippen LogP contribution in [0.15, 0.2) is 60.8 Å². The number of nitrogens with zero attached hydrogens (tertiary/aromatic N) is 3. The first-order valence-electron chi connectivity index (χ1n) is 10.1. The summed E-state index contributed by atoms with van der Waals surface area (Å²) >= 11 is 0. The fourth-order valence-corrected chi connectivity index (χ4v) is 3.54. The predicted molar refractivity (Wildman–Crippen MR) is 117 cm³/mol. The molecule has 1 aromatic heterocycles. The van der Waals surface area contributed by atoms with Gasteiger partial charge in [-0.1, -0.05) is 42.5 Å². The van der Waals surface area contributed by atoms with E-state index in [1.807, 2.05) is 36.5 Å². The largest absolute Gasteiger partial charge is 0.465 e. The molecule has 1 saturated heterocycles. The van der Waals surface area contributed by atoms with Gasteiger partial charge in [0.05, 0.1) is 31.6 Å². The van der Waals surface area contributed by atoms with E-state index >= 15 is 0 Å². The molecule has 2 heterocycles. The number of aromatic nitrogens is 2. The number of carbonyl (C=O) groups excluding carboxylic acids is 2. The number of benzene rings is 2. The lowest BCUT2D eigenvalue weighted by molar-refractivity contribution is -0.116. The molecule has 8 nitrogen and oxygen atoms in total. The molecule has 1 aliphatic rings. The number of para-hydroxylation sites is 1. The summed E-state index contributed by atoms with van der Waals surface area (Å²) in [7, 11) is 1.31. The van der Waals surface area contributed by atoms with Crippen LogP contribution in [0.25, 0.3) is 11.1 Å². The molecule has 1 amide bonds. The highest BCUT2D eigenvalue weighted by Crippen LogP contribution is 2.30. The van der Waals surface area contributed by atoms with Gasteiger partial charge in [0.1, 0.15) is 6.54 Å². The van der Waals surface area contributed by atoms with Crippen molar-refractivity contribution in [3.05, 3.63) is 66.4 Å². The Morgan fingerprint density at radius 3 is 2.52 bits per heavy atom. The van der Waals surface area contributed by atoms with Crippen LogP contribution in [0.1, 0.15) is 10.4 Å². The maximum absolute atomic E-state index is 12.7. The van der Waals surface area contributed by atoms with Crippen molar-refractivity contribution >= 4 is 23.4 Å². The Morgan fingerprint density at radius 2 is 1.77 bits per heavy atom. The van der Waals surface area contributed by atoms with Crippen LogP contribution in [0.4, 0.5) is 11.5 Å². The van der Waals surface area contributed by atoms with Crippen LogP contribution in [0.5, 0.6) is 0 Å². The molecule has 0 radical (unpaired) electrons. The number of esters is 1. The fourth-order valence-electron chi connectivity index (χ4n) is 3.54. The van der Waals surface area contributed by atoms with Crippen molar-refractivity contribution in [3.8, 4) is 11.1 Å². The van der Waals surface area contributed by atoms with Gasteiger partial charge in [-0.15, -0.1) is 0 Å². The summed E-state index contributed by atoms with van der Waals surface area (Å²) in [5.41, 5.74) is 2.71. The van der Waals surface area contributed by atoms with E-state index in [1.165, 1.54) is 7.11 Å². The van der Waals surface area contributed by atoms with E-state index in [2.05, 4.69) is 10.2 Å². The minimum absolute atomic E-state index is 0.0136. The van der Waals surface area contributed by atoms with Crippen molar-refractivity contribution in [1.82, 2.24) is 9.78 Å². The molecule has 0 atom stereocenters. The minimum atomic E-state index is -0.504. The van der Waals surface area contributed by atoms with Gasteiger partial charge >= 0.3 is 5.97 Å². The van der Waals surface area contributed by atoms with Gasteiger partial charge in [0.2, 0.25) is 5.91 Å². The smallest absolute Gasteiger partial charge is 0.339 e. The first kappa shape index (κ1) is 20.6. The highest BCUT2D eigenvalue weighted by atomic mass is 16.5. The zero-order chi connectivity index (χ0) is 21.6. The number of methoxy groups -OCH3 is 1. The maximum atomic E-state index is 12.7. The van der Waals surface area contributed by atoms with Gasteiger partial charge < -0.3 is 19.7 Å². The van der Waals surface area contributed by atoms with E-state index in [4.69, 9.17) is 14.6 Å². The van der Waals surface area contributed by atoms with Gasteiger partial charge in [0.15, 0.2) is 5.82 Å². The SMILES string of the molecule is COC(=O)c1ccccc1NC(=O)Cn1cc(-c2ccccc2)c(N2CCOCC2)n1. The number of carbonyl (C=O) groups is 2.